The Kier molecular flexibility index (Phi) is 4.91. The molecule has 3 heterocycles. The molecular formula is C19H19Cl2N3O2S. The number of halogens is 2. The summed E-state index contributed by atoms with van der Waals surface area (Å²) in [5, 5.41) is 1.35. The second-order valence-corrected chi connectivity index (χ2v) is 9.26. The minimum atomic E-state index is -0.249. The van der Waals surface area contributed by atoms with Crippen molar-refractivity contribution in [1.29, 1.82) is 0 Å². The van der Waals surface area contributed by atoms with Crippen LogP contribution in [0.4, 0.5) is 5.69 Å². The van der Waals surface area contributed by atoms with Gasteiger partial charge in [0, 0.05) is 42.2 Å². The fraction of sp³-hybridized carbons (Fsp3) is 0.421. The van der Waals surface area contributed by atoms with Crippen LogP contribution in [0.25, 0.3) is 0 Å². The van der Waals surface area contributed by atoms with Crippen molar-refractivity contribution in [2.24, 2.45) is 0 Å². The first-order valence-electron chi connectivity index (χ1n) is 8.90. The van der Waals surface area contributed by atoms with Crippen LogP contribution in [0.2, 0.25) is 9.36 Å². The molecule has 1 aromatic heterocycles. The van der Waals surface area contributed by atoms with Crippen LogP contribution < -0.4 is 4.90 Å². The van der Waals surface area contributed by atoms with Gasteiger partial charge in [0.1, 0.15) is 9.34 Å². The summed E-state index contributed by atoms with van der Waals surface area (Å²) in [6, 6.07) is 5.66. The van der Waals surface area contributed by atoms with Gasteiger partial charge in [0.05, 0.1) is 12.6 Å². The molecule has 2 aliphatic rings. The summed E-state index contributed by atoms with van der Waals surface area (Å²) in [6.07, 6.45) is 3.11. The van der Waals surface area contributed by atoms with Crippen molar-refractivity contribution < 1.29 is 9.59 Å². The SMILES string of the molecule is CCC(=O)N1CCC2(C1)CN(C(=O)Cc1ncc(Cl)s1)c1ccc(Cl)cc12. The lowest BCUT2D eigenvalue weighted by Crippen LogP contribution is -2.40. The Morgan fingerprint density at radius 3 is 2.78 bits per heavy atom. The monoisotopic (exact) mass is 423 g/mol. The van der Waals surface area contributed by atoms with Gasteiger partial charge in [-0.25, -0.2) is 4.98 Å². The van der Waals surface area contributed by atoms with Crippen LogP contribution in [-0.4, -0.2) is 41.3 Å². The van der Waals surface area contributed by atoms with Crippen LogP contribution in [-0.2, 0) is 21.4 Å². The van der Waals surface area contributed by atoms with Crippen molar-refractivity contribution in [3.8, 4) is 0 Å². The van der Waals surface area contributed by atoms with Crippen molar-refractivity contribution in [1.82, 2.24) is 9.88 Å². The average molecular weight is 424 g/mol. The lowest BCUT2D eigenvalue weighted by Gasteiger charge is -2.25. The molecule has 2 aromatic rings. The number of amides is 2. The third-order valence-corrected chi connectivity index (χ3v) is 6.77. The van der Waals surface area contributed by atoms with Gasteiger partial charge in [0.25, 0.3) is 0 Å². The summed E-state index contributed by atoms with van der Waals surface area (Å²) in [6.45, 7) is 3.78. The van der Waals surface area contributed by atoms with Gasteiger partial charge in [-0.2, -0.15) is 0 Å². The van der Waals surface area contributed by atoms with E-state index in [0.717, 1.165) is 17.7 Å². The molecule has 0 bridgehead atoms. The lowest BCUT2D eigenvalue weighted by molar-refractivity contribution is -0.129. The Morgan fingerprint density at radius 2 is 2.07 bits per heavy atom. The number of fused-ring (bicyclic) bond motifs is 2. The summed E-state index contributed by atoms with van der Waals surface area (Å²) in [4.78, 5) is 33.1. The molecule has 0 N–H and O–H groups in total. The van der Waals surface area contributed by atoms with Gasteiger partial charge in [0.2, 0.25) is 11.8 Å². The topological polar surface area (TPSA) is 53.5 Å². The maximum atomic E-state index is 13.0. The van der Waals surface area contributed by atoms with E-state index < -0.39 is 0 Å². The Bertz CT molecular complexity index is 916. The third-order valence-electron chi connectivity index (χ3n) is 5.42. The van der Waals surface area contributed by atoms with Gasteiger partial charge < -0.3 is 9.80 Å². The Labute approximate surface area is 171 Å². The zero-order valence-electron chi connectivity index (χ0n) is 14.9. The molecule has 1 aromatic carbocycles. The van der Waals surface area contributed by atoms with Gasteiger partial charge in [-0.3, -0.25) is 9.59 Å². The second kappa shape index (κ2) is 7.08. The van der Waals surface area contributed by atoms with Gasteiger partial charge >= 0.3 is 0 Å². The van der Waals surface area contributed by atoms with E-state index in [0.29, 0.717) is 40.4 Å². The van der Waals surface area contributed by atoms with Crippen LogP contribution >= 0.6 is 34.5 Å². The normalized spacial score (nSPS) is 21.1. The number of anilines is 1. The van der Waals surface area contributed by atoms with Crippen molar-refractivity contribution >= 4 is 52.0 Å². The molecule has 0 aliphatic carbocycles. The molecule has 142 valence electrons. The number of carbonyl (C=O) groups is 2. The molecule has 5 nitrogen and oxygen atoms in total. The molecule has 1 fully saturated rings. The van der Waals surface area contributed by atoms with Crippen LogP contribution in [0, 0.1) is 0 Å². The maximum absolute atomic E-state index is 13.0. The summed E-state index contributed by atoms with van der Waals surface area (Å²) in [7, 11) is 0. The van der Waals surface area contributed by atoms with E-state index in [1.807, 2.05) is 34.9 Å². The molecular weight excluding hydrogens is 405 g/mol. The van der Waals surface area contributed by atoms with Crippen molar-refractivity contribution in [2.45, 2.75) is 31.6 Å². The quantitative estimate of drug-likeness (QED) is 0.751. The number of carbonyl (C=O) groups excluding carboxylic acids is 2. The van der Waals surface area contributed by atoms with E-state index in [-0.39, 0.29) is 23.7 Å². The van der Waals surface area contributed by atoms with Gasteiger partial charge in [-0.15, -0.1) is 11.3 Å². The number of rotatable bonds is 3. The van der Waals surface area contributed by atoms with Gasteiger partial charge in [-0.05, 0) is 30.2 Å². The number of hydrogen-bond acceptors (Lipinski definition) is 4. The highest BCUT2D eigenvalue weighted by atomic mass is 35.5. The molecule has 2 amide bonds. The number of hydrogen-bond donors (Lipinski definition) is 0. The molecule has 1 unspecified atom stereocenters. The lowest BCUT2D eigenvalue weighted by atomic mass is 9.81. The summed E-state index contributed by atoms with van der Waals surface area (Å²) in [5.74, 6) is 0.138. The zero-order chi connectivity index (χ0) is 19.2. The number of aromatic nitrogens is 1. The Balaban J connectivity index is 1.64. The third kappa shape index (κ3) is 3.35. The van der Waals surface area contributed by atoms with Crippen molar-refractivity contribution in [2.75, 3.05) is 24.5 Å². The second-order valence-electron chi connectivity index (χ2n) is 7.08. The Hall–Kier alpha value is -1.63. The zero-order valence-corrected chi connectivity index (χ0v) is 17.2. The largest absolute Gasteiger partial charge is 0.342 e. The predicted octanol–water partition coefficient (Wildman–Crippen LogP) is 3.92. The fourth-order valence-electron chi connectivity index (χ4n) is 4.12. The highest BCUT2D eigenvalue weighted by Crippen LogP contribution is 2.47. The van der Waals surface area contributed by atoms with Gasteiger partial charge in [-0.1, -0.05) is 30.1 Å². The molecule has 4 rings (SSSR count). The molecule has 1 atom stereocenters. The van der Waals surface area contributed by atoms with Crippen molar-refractivity contribution in [3.05, 3.63) is 44.3 Å². The number of benzene rings is 1. The minimum absolute atomic E-state index is 0.0123. The number of nitrogens with zero attached hydrogens (tertiary/aromatic N) is 3. The molecule has 0 saturated carbocycles. The molecule has 27 heavy (non-hydrogen) atoms. The summed E-state index contributed by atoms with van der Waals surface area (Å²) in [5.41, 5.74) is 1.70. The van der Waals surface area contributed by atoms with E-state index in [1.54, 1.807) is 6.20 Å². The Morgan fingerprint density at radius 1 is 1.26 bits per heavy atom. The minimum Gasteiger partial charge on any atom is -0.342 e. The summed E-state index contributed by atoms with van der Waals surface area (Å²) >= 11 is 13.5. The summed E-state index contributed by atoms with van der Waals surface area (Å²) < 4.78 is 0.576. The number of likely N-dealkylation sites (tertiary alicyclic amines) is 1. The van der Waals surface area contributed by atoms with Gasteiger partial charge in [0.15, 0.2) is 0 Å². The first-order chi connectivity index (χ1) is 12.9. The fourth-order valence-corrected chi connectivity index (χ4v) is 5.24. The maximum Gasteiger partial charge on any atom is 0.233 e. The smallest absolute Gasteiger partial charge is 0.233 e. The molecule has 0 radical (unpaired) electrons. The number of thiazole rings is 1. The first-order valence-corrected chi connectivity index (χ1v) is 10.5. The van der Waals surface area contributed by atoms with E-state index in [9.17, 15) is 9.59 Å². The standard InChI is InChI=1S/C19H19Cl2N3O2S/c1-2-17(25)23-6-5-19(10-23)11-24(14-4-3-12(20)7-13(14)19)18(26)8-16-22-9-15(21)27-16/h3-4,7,9H,2,5-6,8,10-11H2,1H3. The highest BCUT2D eigenvalue weighted by molar-refractivity contribution is 7.15. The van der Waals surface area contributed by atoms with Crippen LogP contribution in [0.3, 0.4) is 0 Å². The van der Waals surface area contributed by atoms with Crippen LogP contribution in [0.1, 0.15) is 30.3 Å². The highest BCUT2D eigenvalue weighted by Gasteiger charge is 2.49. The van der Waals surface area contributed by atoms with Crippen LogP contribution in [0.5, 0.6) is 0 Å². The van der Waals surface area contributed by atoms with E-state index in [2.05, 4.69) is 4.98 Å². The first kappa shape index (κ1) is 18.7. The van der Waals surface area contributed by atoms with E-state index in [1.165, 1.54) is 11.3 Å². The van der Waals surface area contributed by atoms with E-state index in [4.69, 9.17) is 23.2 Å². The molecule has 1 saturated heterocycles. The average Bonchev–Trinajstić information content (AvgIpc) is 3.34. The van der Waals surface area contributed by atoms with Crippen molar-refractivity contribution in [3.63, 3.8) is 0 Å². The molecule has 2 aliphatic heterocycles. The molecule has 8 heteroatoms. The van der Waals surface area contributed by atoms with Crippen LogP contribution in [0.15, 0.2) is 24.4 Å². The predicted molar refractivity (Wildman–Crippen MR) is 108 cm³/mol. The molecule has 1 spiro atoms. The van der Waals surface area contributed by atoms with E-state index >= 15 is 0 Å².